The minimum Gasteiger partial charge on any atom is -0.337 e. The number of amides is 2. The number of rotatable bonds is 4. The largest absolute Gasteiger partial charge is 0.337 e. The third kappa shape index (κ3) is 3.66. The van der Waals surface area contributed by atoms with Gasteiger partial charge in [0, 0.05) is 18.0 Å². The SMILES string of the molecule is CC(C)(CNC(=O)NC1CC12CCNCC2)c1ccc(F)cc1. The highest BCUT2D eigenvalue weighted by Crippen LogP contribution is 2.52. The molecular weight excluding hydrogens is 293 g/mol. The Kier molecular flexibility index (Phi) is 4.32. The zero-order valence-electron chi connectivity index (χ0n) is 13.9. The number of carbonyl (C=O) groups is 1. The number of piperidine rings is 1. The van der Waals surface area contributed by atoms with E-state index in [9.17, 15) is 9.18 Å². The fraction of sp³-hybridized carbons (Fsp3) is 0.611. The molecule has 1 aliphatic heterocycles. The highest BCUT2D eigenvalue weighted by atomic mass is 19.1. The molecule has 1 atom stereocenters. The Morgan fingerprint density at radius 1 is 1.30 bits per heavy atom. The van der Waals surface area contributed by atoms with Gasteiger partial charge in [-0.1, -0.05) is 26.0 Å². The first-order valence-electron chi connectivity index (χ1n) is 8.42. The lowest BCUT2D eigenvalue weighted by Gasteiger charge is -2.26. The highest BCUT2D eigenvalue weighted by molar-refractivity contribution is 5.75. The minimum atomic E-state index is -0.240. The molecular formula is C18H26FN3O. The maximum Gasteiger partial charge on any atom is 0.315 e. The number of nitrogens with one attached hydrogen (secondary N) is 3. The summed E-state index contributed by atoms with van der Waals surface area (Å²) in [4.78, 5) is 12.2. The smallest absolute Gasteiger partial charge is 0.315 e. The molecule has 0 radical (unpaired) electrons. The van der Waals surface area contributed by atoms with Crippen molar-refractivity contribution in [2.45, 2.75) is 44.6 Å². The monoisotopic (exact) mass is 319 g/mol. The lowest BCUT2D eigenvalue weighted by molar-refractivity contribution is 0.234. The van der Waals surface area contributed by atoms with E-state index in [1.54, 1.807) is 12.1 Å². The summed E-state index contributed by atoms with van der Waals surface area (Å²) in [5, 5.41) is 9.45. The van der Waals surface area contributed by atoms with Crippen LogP contribution in [0.3, 0.4) is 0 Å². The van der Waals surface area contributed by atoms with Crippen LogP contribution in [0.4, 0.5) is 9.18 Å². The zero-order valence-corrected chi connectivity index (χ0v) is 13.9. The van der Waals surface area contributed by atoms with E-state index in [-0.39, 0.29) is 17.3 Å². The molecule has 1 saturated carbocycles. The molecule has 4 nitrogen and oxygen atoms in total. The van der Waals surface area contributed by atoms with Crippen molar-refractivity contribution in [1.29, 1.82) is 0 Å². The molecule has 1 spiro atoms. The Hall–Kier alpha value is -1.62. The van der Waals surface area contributed by atoms with Gasteiger partial charge in [-0.3, -0.25) is 0 Å². The number of halogens is 1. The predicted octanol–water partition coefficient (Wildman–Crippen LogP) is 2.54. The molecule has 5 heteroatoms. The average Bonchev–Trinajstić information content (AvgIpc) is 3.17. The van der Waals surface area contributed by atoms with Crippen LogP contribution >= 0.6 is 0 Å². The second-order valence-electron chi connectivity index (χ2n) is 7.59. The molecule has 1 unspecified atom stereocenters. The zero-order chi connectivity index (χ0) is 16.5. The molecule has 2 amide bonds. The Bertz CT molecular complexity index is 564. The van der Waals surface area contributed by atoms with Crippen LogP contribution in [0.1, 0.15) is 38.7 Å². The first-order chi connectivity index (χ1) is 10.9. The quantitative estimate of drug-likeness (QED) is 0.799. The minimum absolute atomic E-state index is 0.0967. The standard InChI is InChI=1S/C18H26FN3O/c1-17(2,13-3-5-14(19)6-4-13)12-21-16(23)22-15-11-18(15)7-9-20-10-8-18/h3-6,15,20H,7-12H2,1-2H3,(H2,21,22,23). The molecule has 2 aliphatic rings. The average molecular weight is 319 g/mol. The van der Waals surface area contributed by atoms with Gasteiger partial charge in [0.1, 0.15) is 5.82 Å². The first kappa shape index (κ1) is 16.2. The summed E-state index contributed by atoms with van der Waals surface area (Å²) in [5.74, 6) is -0.240. The topological polar surface area (TPSA) is 53.2 Å². The van der Waals surface area contributed by atoms with Crippen molar-refractivity contribution in [3.8, 4) is 0 Å². The normalized spacial score (nSPS) is 22.7. The molecule has 0 bridgehead atoms. The number of benzene rings is 1. The summed E-state index contributed by atoms with van der Waals surface area (Å²) in [6.45, 7) is 6.72. The van der Waals surface area contributed by atoms with E-state index in [1.807, 2.05) is 13.8 Å². The van der Waals surface area contributed by atoms with Gasteiger partial charge >= 0.3 is 6.03 Å². The van der Waals surface area contributed by atoms with Crippen molar-refractivity contribution < 1.29 is 9.18 Å². The first-order valence-corrected chi connectivity index (χ1v) is 8.42. The van der Waals surface area contributed by atoms with E-state index in [4.69, 9.17) is 0 Å². The van der Waals surface area contributed by atoms with Gasteiger partial charge in [-0.25, -0.2) is 9.18 Å². The molecule has 3 rings (SSSR count). The number of hydrogen-bond acceptors (Lipinski definition) is 2. The lowest BCUT2D eigenvalue weighted by atomic mass is 9.84. The number of urea groups is 1. The van der Waals surface area contributed by atoms with E-state index in [1.165, 1.54) is 12.1 Å². The Morgan fingerprint density at radius 3 is 2.61 bits per heavy atom. The summed E-state index contributed by atoms with van der Waals surface area (Å²) >= 11 is 0. The Morgan fingerprint density at radius 2 is 1.96 bits per heavy atom. The molecule has 0 aromatic heterocycles. The molecule has 1 aromatic carbocycles. The van der Waals surface area contributed by atoms with Crippen molar-refractivity contribution in [2.24, 2.45) is 5.41 Å². The van der Waals surface area contributed by atoms with Gasteiger partial charge in [0.05, 0.1) is 0 Å². The Balaban J connectivity index is 1.48. The van der Waals surface area contributed by atoms with Crippen molar-refractivity contribution in [1.82, 2.24) is 16.0 Å². The van der Waals surface area contributed by atoms with Crippen LogP contribution in [0.15, 0.2) is 24.3 Å². The molecule has 2 fully saturated rings. The van der Waals surface area contributed by atoms with Crippen LogP contribution in [0.2, 0.25) is 0 Å². The van der Waals surface area contributed by atoms with Gasteiger partial charge < -0.3 is 16.0 Å². The van der Waals surface area contributed by atoms with Crippen molar-refractivity contribution in [2.75, 3.05) is 19.6 Å². The molecule has 1 heterocycles. The lowest BCUT2D eigenvalue weighted by Crippen LogP contribution is -2.44. The van der Waals surface area contributed by atoms with E-state index in [0.717, 1.165) is 37.9 Å². The van der Waals surface area contributed by atoms with Crippen molar-refractivity contribution >= 4 is 6.03 Å². The molecule has 3 N–H and O–H groups in total. The van der Waals surface area contributed by atoms with E-state index < -0.39 is 0 Å². The van der Waals surface area contributed by atoms with E-state index in [2.05, 4.69) is 16.0 Å². The molecule has 23 heavy (non-hydrogen) atoms. The third-order valence-corrected chi connectivity index (χ3v) is 5.41. The van der Waals surface area contributed by atoms with Crippen LogP contribution in [0.5, 0.6) is 0 Å². The van der Waals surface area contributed by atoms with Gasteiger partial charge in [-0.15, -0.1) is 0 Å². The second-order valence-corrected chi connectivity index (χ2v) is 7.59. The van der Waals surface area contributed by atoms with Gasteiger partial charge in [0.2, 0.25) is 0 Å². The molecule has 126 valence electrons. The predicted molar refractivity (Wildman–Crippen MR) is 88.9 cm³/mol. The third-order valence-electron chi connectivity index (χ3n) is 5.41. The Labute approximate surface area is 137 Å². The molecule has 1 saturated heterocycles. The van der Waals surface area contributed by atoms with E-state index in [0.29, 0.717) is 18.0 Å². The fourth-order valence-electron chi connectivity index (χ4n) is 3.54. The molecule has 1 aromatic rings. The van der Waals surface area contributed by atoms with Gasteiger partial charge in [0.15, 0.2) is 0 Å². The number of hydrogen-bond donors (Lipinski definition) is 3. The van der Waals surface area contributed by atoms with Crippen LogP contribution < -0.4 is 16.0 Å². The summed E-state index contributed by atoms with van der Waals surface area (Å²) in [6.07, 6.45) is 3.40. The van der Waals surface area contributed by atoms with Crippen LogP contribution in [-0.2, 0) is 5.41 Å². The van der Waals surface area contributed by atoms with Crippen LogP contribution in [0.25, 0.3) is 0 Å². The van der Waals surface area contributed by atoms with Crippen LogP contribution in [-0.4, -0.2) is 31.7 Å². The number of carbonyl (C=O) groups excluding carboxylic acids is 1. The summed E-state index contributed by atoms with van der Waals surface area (Å²) in [5.41, 5.74) is 1.12. The fourth-order valence-corrected chi connectivity index (χ4v) is 3.54. The van der Waals surface area contributed by atoms with Crippen molar-refractivity contribution in [3.05, 3.63) is 35.6 Å². The second kappa shape index (κ2) is 6.11. The van der Waals surface area contributed by atoms with Gasteiger partial charge in [-0.05, 0) is 55.5 Å². The summed E-state index contributed by atoms with van der Waals surface area (Å²) in [7, 11) is 0. The van der Waals surface area contributed by atoms with E-state index >= 15 is 0 Å². The maximum atomic E-state index is 13.0. The van der Waals surface area contributed by atoms with Gasteiger partial charge in [-0.2, -0.15) is 0 Å². The van der Waals surface area contributed by atoms with Gasteiger partial charge in [0.25, 0.3) is 0 Å². The molecule has 1 aliphatic carbocycles. The summed E-state index contributed by atoms with van der Waals surface area (Å²) < 4.78 is 13.0. The maximum absolute atomic E-state index is 13.0. The highest BCUT2D eigenvalue weighted by Gasteiger charge is 2.54. The van der Waals surface area contributed by atoms with Crippen molar-refractivity contribution in [3.63, 3.8) is 0 Å². The van der Waals surface area contributed by atoms with Crippen LogP contribution in [0, 0.1) is 11.2 Å². The summed E-state index contributed by atoms with van der Waals surface area (Å²) in [6, 6.07) is 6.70.